The molecule has 1 rings (SSSR count). The molecule has 1 saturated heterocycles. The molecular weight excluding hydrogens is 452 g/mol. The van der Waals surface area contributed by atoms with Crippen molar-refractivity contribution in [2.24, 2.45) is 0 Å². The molecule has 0 saturated carbocycles. The highest BCUT2D eigenvalue weighted by atomic mass is 31.1. The summed E-state index contributed by atoms with van der Waals surface area (Å²) in [7, 11) is -10.7. The summed E-state index contributed by atoms with van der Waals surface area (Å²) in [5.41, 5.74) is 0. The van der Waals surface area contributed by atoms with E-state index in [-0.39, 0.29) is 25.1 Å². The van der Waals surface area contributed by atoms with E-state index >= 15 is 0 Å². The molecule has 0 aromatic rings. The van der Waals surface area contributed by atoms with E-state index in [0.717, 1.165) is 0 Å². The van der Waals surface area contributed by atoms with E-state index < -0.39 is 32.1 Å². The van der Waals surface area contributed by atoms with E-state index in [1.165, 1.54) is 0 Å². The molecule has 0 aromatic carbocycles. The van der Waals surface area contributed by atoms with E-state index in [1.54, 1.807) is 19.6 Å². The number of nitrogens with zero attached hydrogens (tertiary/aromatic N) is 4. The van der Waals surface area contributed by atoms with Crippen LogP contribution in [0.3, 0.4) is 0 Å². The first-order valence-corrected chi connectivity index (χ1v) is 14.0. The number of rotatable bonds is 8. The van der Waals surface area contributed by atoms with Gasteiger partial charge in [-0.1, -0.05) is 18.3 Å². The van der Waals surface area contributed by atoms with Crippen LogP contribution in [0.1, 0.15) is 0 Å². The summed E-state index contributed by atoms with van der Waals surface area (Å²) in [6, 6.07) is 0. The Balaban J connectivity index is 2.90. The minimum Gasteiger partial charge on any atom is -0.594 e. The van der Waals surface area contributed by atoms with Gasteiger partial charge in [-0.25, -0.2) is 0 Å². The van der Waals surface area contributed by atoms with Gasteiger partial charge in [0, 0.05) is 52.4 Å². The average Bonchev–Trinajstić information content (AvgIpc) is 2.55. The Morgan fingerprint density at radius 2 is 0.571 bits per heavy atom. The van der Waals surface area contributed by atoms with E-state index in [2.05, 4.69) is 0 Å². The monoisotopic (exact) mass is 476 g/mol. The molecular formula is C12H24N4O8P4. The third kappa shape index (κ3) is 12.6. The molecule has 4 unspecified atom stereocenters. The maximum absolute atomic E-state index is 11.1. The minimum atomic E-state index is -2.68. The van der Waals surface area contributed by atoms with E-state index in [9.17, 15) is 37.8 Å². The summed E-state index contributed by atoms with van der Waals surface area (Å²) >= 11 is 0. The first-order valence-electron chi connectivity index (χ1n) is 8.52. The summed E-state index contributed by atoms with van der Waals surface area (Å²) in [5.74, 6) is 0. The van der Waals surface area contributed by atoms with Crippen LogP contribution in [0.2, 0.25) is 0 Å². The van der Waals surface area contributed by atoms with Gasteiger partial charge in [-0.05, 0) is 0 Å². The van der Waals surface area contributed by atoms with Crippen molar-refractivity contribution < 1.29 is 37.8 Å². The molecule has 0 aliphatic carbocycles. The highest BCUT2D eigenvalue weighted by Crippen LogP contribution is 2.16. The van der Waals surface area contributed by atoms with Gasteiger partial charge >= 0.3 is 32.1 Å². The van der Waals surface area contributed by atoms with Crippen molar-refractivity contribution >= 4 is 32.1 Å². The van der Waals surface area contributed by atoms with Gasteiger partial charge in [-0.15, -0.1) is 0 Å². The molecule has 16 heteroatoms. The van der Waals surface area contributed by atoms with Gasteiger partial charge in [0.15, 0.2) is 25.1 Å². The smallest absolute Gasteiger partial charge is 0.324 e. The van der Waals surface area contributed by atoms with Crippen LogP contribution in [0.4, 0.5) is 0 Å². The third-order valence-electron chi connectivity index (χ3n) is 4.19. The maximum Gasteiger partial charge on any atom is 0.324 e. The molecule has 1 aliphatic rings. The molecule has 0 spiro atoms. The van der Waals surface area contributed by atoms with Crippen molar-refractivity contribution in [3.05, 3.63) is 0 Å². The second-order valence-corrected chi connectivity index (χ2v) is 10.2. The van der Waals surface area contributed by atoms with Crippen LogP contribution in [0.25, 0.3) is 0 Å². The lowest BCUT2D eigenvalue weighted by atomic mass is 10.4. The lowest BCUT2D eigenvalue weighted by molar-refractivity contribution is -0.168. The molecule has 0 N–H and O–H groups in total. The summed E-state index contributed by atoms with van der Waals surface area (Å²) in [6.07, 6.45) is -0.806. The minimum absolute atomic E-state index is 0.202. The predicted molar refractivity (Wildman–Crippen MR) is 96.2 cm³/mol. The van der Waals surface area contributed by atoms with Gasteiger partial charge in [0.2, 0.25) is 0 Å². The van der Waals surface area contributed by atoms with Crippen molar-refractivity contribution in [3.8, 4) is 0 Å². The van der Waals surface area contributed by atoms with Crippen molar-refractivity contribution in [1.82, 2.24) is 19.6 Å². The van der Waals surface area contributed by atoms with E-state index in [4.69, 9.17) is 0 Å². The van der Waals surface area contributed by atoms with E-state index in [0.29, 0.717) is 52.4 Å². The van der Waals surface area contributed by atoms with Gasteiger partial charge in [0.1, 0.15) is 0 Å². The lowest BCUT2D eigenvalue weighted by Crippen LogP contribution is -2.46. The Morgan fingerprint density at radius 3 is 0.679 bits per heavy atom. The molecule has 28 heavy (non-hydrogen) atoms. The Labute approximate surface area is 167 Å². The van der Waals surface area contributed by atoms with Crippen molar-refractivity contribution in [1.29, 1.82) is 0 Å². The maximum atomic E-state index is 11.1. The molecule has 0 amide bonds. The fraction of sp³-hybridized carbons (Fsp3) is 1.00. The molecule has 12 nitrogen and oxygen atoms in total. The Kier molecular flexibility index (Phi) is 13.2. The topological polar surface area (TPSA) is 173 Å². The van der Waals surface area contributed by atoms with Crippen LogP contribution < -0.4 is 19.6 Å². The SMILES string of the molecule is O=[P+]([O-])CN1CCN(C[P+](=O)[O-])CCN(C[P+](=O)[O-])CCN(C[P+](=O)[O-])CC1. The van der Waals surface area contributed by atoms with Gasteiger partial charge in [0.25, 0.3) is 0 Å². The van der Waals surface area contributed by atoms with Gasteiger partial charge < -0.3 is 19.6 Å². The Bertz CT molecular complexity index is 460. The first-order chi connectivity index (χ1) is 13.2. The fourth-order valence-corrected chi connectivity index (χ4v) is 5.24. The molecule has 0 radical (unpaired) electrons. The fourth-order valence-electron chi connectivity index (χ4n) is 2.80. The number of hydrogen-bond acceptors (Lipinski definition) is 12. The molecule has 160 valence electrons. The van der Waals surface area contributed by atoms with Crippen LogP contribution in [0.15, 0.2) is 0 Å². The highest BCUT2D eigenvalue weighted by molar-refractivity contribution is 7.36. The molecule has 1 aliphatic heterocycles. The lowest BCUT2D eigenvalue weighted by Gasteiger charge is -2.30. The van der Waals surface area contributed by atoms with Gasteiger partial charge in [-0.2, -0.15) is 0 Å². The summed E-state index contributed by atoms with van der Waals surface area (Å²) in [5, 5.41) is 0. The van der Waals surface area contributed by atoms with Crippen LogP contribution in [-0.2, 0) is 18.3 Å². The third-order valence-corrected chi connectivity index (χ3v) is 6.72. The summed E-state index contributed by atoms with van der Waals surface area (Å²) in [4.78, 5) is 51.0. The van der Waals surface area contributed by atoms with Crippen molar-refractivity contribution in [3.63, 3.8) is 0 Å². The average molecular weight is 476 g/mol. The summed E-state index contributed by atoms with van der Waals surface area (Å²) in [6.45, 7) is 2.33. The molecule has 1 heterocycles. The van der Waals surface area contributed by atoms with Gasteiger partial charge in [0.05, 0.1) is 0 Å². The zero-order chi connectivity index (χ0) is 21.1. The second kappa shape index (κ2) is 14.1. The highest BCUT2D eigenvalue weighted by Gasteiger charge is 2.23. The van der Waals surface area contributed by atoms with Gasteiger partial charge in [-0.3, -0.25) is 19.6 Å². The van der Waals surface area contributed by atoms with Crippen molar-refractivity contribution in [2.75, 3.05) is 77.5 Å². The Morgan fingerprint density at radius 1 is 0.429 bits per heavy atom. The second-order valence-electron chi connectivity index (χ2n) is 6.37. The predicted octanol–water partition coefficient (Wildman–Crippen LogP) is -2.55. The summed E-state index contributed by atoms with van der Waals surface area (Å²) < 4.78 is 44.5. The van der Waals surface area contributed by atoms with E-state index in [1.807, 2.05) is 0 Å². The molecule has 4 atom stereocenters. The van der Waals surface area contributed by atoms with Crippen LogP contribution in [0, 0.1) is 0 Å². The van der Waals surface area contributed by atoms with Crippen LogP contribution >= 0.6 is 32.1 Å². The standard InChI is InChI=1S/C12H24N4O8P4/c17-25(18)9-13-1-2-14(10-26(19)20)5-6-16(12-28(23)24)8-7-15(4-3-13)11-27(21)22/h1-12H2. The van der Waals surface area contributed by atoms with Crippen molar-refractivity contribution in [2.45, 2.75) is 0 Å². The largest absolute Gasteiger partial charge is 0.594 e. The molecule has 0 bridgehead atoms. The Hall–Kier alpha value is 0.0800. The van der Waals surface area contributed by atoms with Crippen LogP contribution in [0.5, 0.6) is 0 Å². The van der Waals surface area contributed by atoms with Crippen LogP contribution in [-0.4, -0.2) is 97.1 Å². The zero-order valence-corrected chi connectivity index (χ0v) is 18.9. The molecule has 0 aromatic heterocycles. The molecule has 1 fully saturated rings. The zero-order valence-electron chi connectivity index (χ0n) is 15.3. The number of hydrogen-bond donors (Lipinski definition) is 0. The normalized spacial score (nSPS) is 22.1. The first kappa shape index (κ1) is 26.1. The quantitative estimate of drug-likeness (QED) is 0.336.